The molecular formula is C6H6BrN3O. The Morgan fingerprint density at radius 3 is 3.09 bits per heavy atom. The van der Waals surface area contributed by atoms with Crippen LogP contribution in [0.25, 0.3) is 0 Å². The van der Waals surface area contributed by atoms with E-state index in [2.05, 4.69) is 26.9 Å². The van der Waals surface area contributed by atoms with E-state index in [4.69, 9.17) is 5.21 Å². The number of rotatable bonds is 0. The van der Waals surface area contributed by atoms with Crippen molar-refractivity contribution < 1.29 is 5.21 Å². The molecule has 1 aromatic carbocycles. The van der Waals surface area contributed by atoms with Crippen LogP contribution in [-0.4, -0.2) is 5.21 Å². The maximum atomic E-state index is 9.14. The van der Waals surface area contributed by atoms with E-state index in [0.717, 1.165) is 15.3 Å². The quantitative estimate of drug-likeness (QED) is 0.614. The van der Waals surface area contributed by atoms with Crippen molar-refractivity contribution >= 4 is 27.3 Å². The zero-order chi connectivity index (χ0) is 7.84. The van der Waals surface area contributed by atoms with Gasteiger partial charge in [0, 0.05) is 4.47 Å². The summed E-state index contributed by atoms with van der Waals surface area (Å²) in [5.74, 6) is 0. The number of hydrogen-bond donors (Lipinski definition) is 3. The summed E-state index contributed by atoms with van der Waals surface area (Å²) in [4.78, 5) is 0. The lowest BCUT2D eigenvalue weighted by Gasteiger charge is -2.06. The number of nitrogens with zero attached hydrogens (tertiary/aromatic N) is 1. The lowest BCUT2D eigenvalue weighted by atomic mass is 10.3. The maximum absolute atomic E-state index is 9.14. The van der Waals surface area contributed by atoms with Gasteiger partial charge < -0.3 is 0 Å². The number of fused-ring (bicyclic) bond motifs is 1. The number of benzene rings is 1. The predicted molar refractivity (Wildman–Crippen MR) is 45.2 cm³/mol. The molecule has 1 heterocycles. The van der Waals surface area contributed by atoms with Crippen LogP contribution in [0.3, 0.4) is 0 Å². The lowest BCUT2D eigenvalue weighted by Crippen LogP contribution is -2.32. The van der Waals surface area contributed by atoms with E-state index in [9.17, 15) is 0 Å². The van der Waals surface area contributed by atoms with Crippen molar-refractivity contribution in [2.45, 2.75) is 0 Å². The highest BCUT2D eigenvalue weighted by atomic mass is 79.9. The second kappa shape index (κ2) is 2.37. The van der Waals surface area contributed by atoms with E-state index in [1.807, 2.05) is 18.2 Å². The lowest BCUT2D eigenvalue weighted by molar-refractivity contribution is 0.230. The Morgan fingerprint density at radius 2 is 2.27 bits per heavy atom. The van der Waals surface area contributed by atoms with Crippen molar-refractivity contribution in [1.82, 2.24) is 5.53 Å². The second-order valence-corrected chi connectivity index (χ2v) is 3.13. The summed E-state index contributed by atoms with van der Waals surface area (Å²) in [6.45, 7) is 0. The van der Waals surface area contributed by atoms with Crippen LogP contribution in [0.5, 0.6) is 0 Å². The number of hydrazine groups is 2. The van der Waals surface area contributed by atoms with E-state index in [-0.39, 0.29) is 0 Å². The van der Waals surface area contributed by atoms with Gasteiger partial charge in [-0.3, -0.25) is 10.6 Å². The Labute approximate surface area is 71.8 Å². The molecule has 3 N–H and O–H groups in total. The summed E-state index contributed by atoms with van der Waals surface area (Å²) >= 11 is 3.30. The van der Waals surface area contributed by atoms with E-state index in [0.29, 0.717) is 5.69 Å². The third kappa shape index (κ3) is 1.07. The molecule has 2 rings (SSSR count). The maximum Gasteiger partial charge on any atom is 0.110 e. The molecule has 0 amide bonds. The van der Waals surface area contributed by atoms with Crippen LogP contribution < -0.4 is 16.1 Å². The van der Waals surface area contributed by atoms with Gasteiger partial charge in [-0.1, -0.05) is 15.9 Å². The van der Waals surface area contributed by atoms with Crippen LogP contribution in [0.1, 0.15) is 0 Å². The molecule has 0 fully saturated rings. The molecule has 4 nitrogen and oxygen atoms in total. The van der Waals surface area contributed by atoms with Gasteiger partial charge in [0.1, 0.15) is 5.69 Å². The Balaban J connectivity index is 2.52. The van der Waals surface area contributed by atoms with Gasteiger partial charge >= 0.3 is 0 Å². The molecule has 58 valence electrons. The molecule has 0 radical (unpaired) electrons. The average Bonchev–Trinajstić information content (AvgIpc) is 2.33. The van der Waals surface area contributed by atoms with Crippen LogP contribution >= 0.6 is 15.9 Å². The summed E-state index contributed by atoms with van der Waals surface area (Å²) in [6, 6.07) is 5.57. The van der Waals surface area contributed by atoms with Crippen LogP contribution in [0.2, 0.25) is 0 Å². The second-order valence-electron chi connectivity index (χ2n) is 2.21. The number of anilines is 2. The first-order valence-electron chi connectivity index (χ1n) is 3.07. The van der Waals surface area contributed by atoms with Gasteiger partial charge in [0.15, 0.2) is 0 Å². The van der Waals surface area contributed by atoms with Crippen LogP contribution in [0.4, 0.5) is 11.4 Å². The Hall–Kier alpha value is -0.780. The highest BCUT2D eigenvalue weighted by Gasteiger charge is 2.15. The van der Waals surface area contributed by atoms with E-state index < -0.39 is 0 Å². The van der Waals surface area contributed by atoms with E-state index in [1.54, 1.807) is 0 Å². The molecule has 0 unspecified atom stereocenters. The Bertz CT molecular complexity index is 291. The van der Waals surface area contributed by atoms with Gasteiger partial charge in [0.25, 0.3) is 0 Å². The number of halogens is 1. The minimum atomic E-state index is 0.708. The van der Waals surface area contributed by atoms with Crippen molar-refractivity contribution in [2.24, 2.45) is 0 Å². The molecule has 0 saturated carbocycles. The first kappa shape index (κ1) is 6.90. The van der Waals surface area contributed by atoms with Gasteiger partial charge in [0.05, 0.1) is 5.69 Å². The summed E-state index contributed by atoms with van der Waals surface area (Å²) in [5.41, 5.74) is 6.88. The van der Waals surface area contributed by atoms with E-state index in [1.165, 1.54) is 0 Å². The van der Waals surface area contributed by atoms with Crippen LogP contribution in [0, 0.1) is 0 Å². The van der Waals surface area contributed by atoms with Gasteiger partial charge in [0.2, 0.25) is 0 Å². The smallest absolute Gasteiger partial charge is 0.110 e. The molecule has 0 spiro atoms. The standard InChI is InChI=1S/C6H6BrN3O/c7-4-1-2-5-6(3-4)10(11)9-8-5/h1-3,8-9,11H. The summed E-state index contributed by atoms with van der Waals surface area (Å²) < 4.78 is 0.931. The molecule has 0 aliphatic carbocycles. The summed E-state index contributed by atoms with van der Waals surface area (Å²) in [5, 5.41) is 10.1. The first-order valence-corrected chi connectivity index (χ1v) is 3.87. The van der Waals surface area contributed by atoms with Crippen molar-refractivity contribution in [2.75, 3.05) is 10.6 Å². The number of hydrogen-bond acceptors (Lipinski definition) is 4. The van der Waals surface area contributed by atoms with Crippen molar-refractivity contribution in [3.63, 3.8) is 0 Å². The third-order valence-electron chi connectivity index (χ3n) is 1.48. The van der Waals surface area contributed by atoms with Gasteiger partial charge in [-0.25, -0.2) is 0 Å². The fourth-order valence-electron chi connectivity index (χ4n) is 0.959. The highest BCUT2D eigenvalue weighted by Crippen LogP contribution is 2.30. The monoisotopic (exact) mass is 215 g/mol. The molecule has 5 heteroatoms. The first-order chi connectivity index (χ1) is 5.27. The Morgan fingerprint density at radius 1 is 1.45 bits per heavy atom. The fraction of sp³-hybridized carbons (Fsp3) is 0. The van der Waals surface area contributed by atoms with E-state index >= 15 is 0 Å². The van der Waals surface area contributed by atoms with Gasteiger partial charge in [-0.05, 0) is 18.2 Å². The molecular weight excluding hydrogens is 210 g/mol. The Kier molecular flexibility index (Phi) is 1.49. The summed E-state index contributed by atoms with van der Waals surface area (Å²) in [7, 11) is 0. The topological polar surface area (TPSA) is 47.5 Å². The molecule has 0 atom stereocenters. The third-order valence-corrected chi connectivity index (χ3v) is 1.98. The summed E-state index contributed by atoms with van der Waals surface area (Å²) in [6.07, 6.45) is 0. The molecule has 0 saturated heterocycles. The SMILES string of the molecule is ON1NNc2ccc(Br)cc21. The zero-order valence-corrected chi connectivity index (χ0v) is 7.09. The molecule has 1 aromatic rings. The fourth-order valence-corrected chi connectivity index (χ4v) is 1.31. The predicted octanol–water partition coefficient (Wildman–Crippen LogP) is 1.49. The van der Waals surface area contributed by atoms with Crippen molar-refractivity contribution in [3.05, 3.63) is 22.7 Å². The largest absolute Gasteiger partial charge is 0.300 e. The zero-order valence-electron chi connectivity index (χ0n) is 5.50. The van der Waals surface area contributed by atoms with Crippen molar-refractivity contribution in [1.29, 1.82) is 0 Å². The average molecular weight is 216 g/mol. The van der Waals surface area contributed by atoms with Crippen LogP contribution in [-0.2, 0) is 0 Å². The number of nitrogens with one attached hydrogen (secondary N) is 2. The molecule has 0 bridgehead atoms. The highest BCUT2D eigenvalue weighted by molar-refractivity contribution is 9.10. The molecule has 0 aromatic heterocycles. The molecule has 11 heavy (non-hydrogen) atoms. The van der Waals surface area contributed by atoms with Gasteiger partial charge in [-0.2, -0.15) is 5.17 Å². The molecule has 1 aliphatic heterocycles. The van der Waals surface area contributed by atoms with Crippen molar-refractivity contribution in [3.8, 4) is 0 Å². The normalized spacial score (nSPS) is 14.5. The van der Waals surface area contributed by atoms with Crippen LogP contribution in [0.15, 0.2) is 22.7 Å². The minimum Gasteiger partial charge on any atom is -0.300 e. The molecule has 1 aliphatic rings. The minimum absolute atomic E-state index is 0.708. The van der Waals surface area contributed by atoms with Gasteiger partial charge in [-0.15, -0.1) is 5.53 Å².